The van der Waals surface area contributed by atoms with Crippen molar-refractivity contribution < 1.29 is 0 Å². The highest BCUT2D eigenvalue weighted by Gasteiger charge is 2.23. The number of para-hydroxylation sites is 2. The average Bonchev–Trinajstić information content (AvgIpc) is 3.67. The molecule has 228 valence electrons. The zero-order chi connectivity index (χ0) is 32.2. The van der Waals surface area contributed by atoms with E-state index in [1.165, 1.54) is 55.3 Å². The van der Waals surface area contributed by atoms with Gasteiger partial charge in [-0.1, -0.05) is 66.7 Å². The van der Waals surface area contributed by atoms with Crippen molar-refractivity contribution in [2.45, 2.75) is 38.0 Å². The van der Waals surface area contributed by atoms with Crippen molar-refractivity contribution in [1.82, 2.24) is 9.13 Å². The summed E-state index contributed by atoms with van der Waals surface area (Å²) in [7, 11) is 0. The molecule has 0 saturated heterocycles. The first kappa shape index (κ1) is 28.1. The summed E-state index contributed by atoms with van der Waals surface area (Å²) in [4.78, 5) is 0. The highest BCUT2D eigenvalue weighted by Crippen LogP contribution is 2.42. The van der Waals surface area contributed by atoms with Crippen LogP contribution in [0.1, 0.15) is 60.3 Å². The number of nitrogens with zero attached hydrogens (tertiary/aromatic N) is 4. The summed E-state index contributed by atoms with van der Waals surface area (Å²) in [5, 5.41) is 23.7. The van der Waals surface area contributed by atoms with Gasteiger partial charge in [0.25, 0.3) is 0 Å². The van der Waals surface area contributed by atoms with E-state index in [1.807, 2.05) is 24.3 Å². The molecule has 4 heteroatoms. The summed E-state index contributed by atoms with van der Waals surface area (Å²) in [5.74, 6) is 0.429. The van der Waals surface area contributed by atoms with Gasteiger partial charge in [0, 0.05) is 32.9 Å². The minimum atomic E-state index is 0.429. The van der Waals surface area contributed by atoms with Crippen LogP contribution < -0.4 is 0 Å². The lowest BCUT2D eigenvalue weighted by Crippen LogP contribution is -2.09. The lowest BCUT2D eigenvalue weighted by Gasteiger charge is -2.25. The molecule has 0 fully saturated rings. The largest absolute Gasteiger partial charge is 0.313 e. The number of benzene rings is 5. The van der Waals surface area contributed by atoms with Crippen LogP contribution in [0.4, 0.5) is 0 Å². The van der Waals surface area contributed by atoms with Crippen molar-refractivity contribution in [2.75, 3.05) is 0 Å². The van der Waals surface area contributed by atoms with E-state index < -0.39 is 0 Å². The molecule has 0 amide bonds. The lowest BCUT2D eigenvalue weighted by molar-refractivity contribution is 0.615. The molecule has 0 spiro atoms. The third kappa shape index (κ3) is 4.49. The number of fused-ring (bicyclic) bond motifs is 6. The van der Waals surface area contributed by atoms with Crippen molar-refractivity contribution in [3.63, 3.8) is 0 Å². The molecule has 2 heterocycles. The fraction of sp³-hybridized carbons (Fsp3) is 0.136. The zero-order valence-electron chi connectivity index (χ0n) is 26.5. The molecule has 4 nitrogen and oxygen atoms in total. The molecule has 0 aliphatic heterocycles. The summed E-state index contributed by atoms with van der Waals surface area (Å²) in [5.41, 5.74) is 12.6. The molecule has 0 N–H and O–H groups in total. The van der Waals surface area contributed by atoms with E-state index in [0.717, 1.165) is 48.5 Å². The van der Waals surface area contributed by atoms with E-state index in [2.05, 4.69) is 124 Å². The molecule has 0 bridgehead atoms. The van der Waals surface area contributed by atoms with Crippen molar-refractivity contribution >= 4 is 60.6 Å². The Morgan fingerprint density at radius 1 is 0.583 bits per heavy atom. The van der Waals surface area contributed by atoms with E-state index in [4.69, 9.17) is 0 Å². The molecule has 48 heavy (non-hydrogen) atoms. The first-order chi connectivity index (χ1) is 23.7. The van der Waals surface area contributed by atoms with Crippen LogP contribution in [0.5, 0.6) is 0 Å². The summed E-state index contributed by atoms with van der Waals surface area (Å²) in [6.45, 7) is 0. The van der Waals surface area contributed by atoms with Crippen molar-refractivity contribution in [3.8, 4) is 12.1 Å². The molecule has 0 radical (unpaired) electrons. The fourth-order valence-electron chi connectivity index (χ4n) is 8.06. The molecular formula is C44H32N4. The first-order valence-electron chi connectivity index (χ1n) is 16.8. The van der Waals surface area contributed by atoms with Crippen LogP contribution >= 0.6 is 0 Å². The topological polar surface area (TPSA) is 57.4 Å². The van der Waals surface area contributed by atoms with Crippen molar-refractivity contribution in [2.24, 2.45) is 0 Å². The van der Waals surface area contributed by atoms with E-state index in [0.29, 0.717) is 17.0 Å². The van der Waals surface area contributed by atoms with Crippen LogP contribution in [0.2, 0.25) is 0 Å². The van der Waals surface area contributed by atoms with Gasteiger partial charge in [-0.2, -0.15) is 10.5 Å². The monoisotopic (exact) mass is 616 g/mol. The van der Waals surface area contributed by atoms with E-state index >= 15 is 0 Å². The second-order valence-corrected chi connectivity index (χ2v) is 13.0. The molecule has 9 rings (SSSR count). The standard InChI is InChI=1S/C44H32N4/c45-27-29-15-18-31(19-16-29)32-7-5-9-35(24-32)48-42-14-4-2-12-38(42)40-26-34(20-22-44(40)48)33-8-6-10-36(25-33)47-41-13-3-1-11-37(41)39-23-30(28-46)17-21-43(39)47/h1-4,9-23,25-26,32H,5-8,24H2. The van der Waals surface area contributed by atoms with E-state index in [1.54, 1.807) is 0 Å². The van der Waals surface area contributed by atoms with E-state index in [9.17, 15) is 10.5 Å². The molecular weight excluding hydrogens is 585 g/mol. The van der Waals surface area contributed by atoms with Gasteiger partial charge >= 0.3 is 0 Å². The smallest absolute Gasteiger partial charge is 0.0991 e. The van der Waals surface area contributed by atoms with Gasteiger partial charge in [0.15, 0.2) is 0 Å². The number of nitriles is 2. The zero-order valence-corrected chi connectivity index (χ0v) is 26.5. The SMILES string of the molecule is N#Cc1ccc(C2CCC=C(n3c4ccccc4c4cc(C5=CC(n6c7ccccc7c7cc(C#N)ccc76)=CCC5)ccc43)C2)cc1. The minimum absolute atomic E-state index is 0.429. The quantitative estimate of drug-likeness (QED) is 0.198. The third-order valence-corrected chi connectivity index (χ3v) is 10.3. The molecule has 5 aromatic carbocycles. The Balaban J connectivity index is 1.13. The predicted octanol–water partition coefficient (Wildman–Crippen LogP) is 11.2. The average molecular weight is 617 g/mol. The molecule has 1 atom stereocenters. The van der Waals surface area contributed by atoms with E-state index in [-0.39, 0.29) is 0 Å². The number of allylic oxidation sites excluding steroid dienone is 6. The minimum Gasteiger partial charge on any atom is -0.313 e. The van der Waals surface area contributed by atoms with Gasteiger partial charge in [0.2, 0.25) is 0 Å². The number of hydrogen-bond donors (Lipinski definition) is 0. The maximum Gasteiger partial charge on any atom is 0.0991 e. The Morgan fingerprint density at radius 2 is 1.23 bits per heavy atom. The molecule has 2 aliphatic rings. The van der Waals surface area contributed by atoms with Crippen LogP contribution in [0.3, 0.4) is 0 Å². The molecule has 1 unspecified atom stereocenters. The van der Waals surface area contributed by atoms with Gasteiger partial charge in [-0.3, -0.25) is 0 Å². The number of hydrogen-bond acceptors (Lipinski definition) is 2. The van der Waals surface area contributed by atoms with Crippen molar-refractivity contribution in [1.29, 1.82) is 10.5 Å². The summed E-state index contributed by atoms with van der Waals surface area (Å²) in [6.07, 6.45) is 12.2. The maximum absolute atomic E-state index is 9.59. The molecule has 2 aliphatic carbocycles. The summed E-state index contributed by atoms with van der Waals surface area (Å²) < 4.78 is 4.84. The summed E-state index contributed by atoms with van der Waals surface area (Å²) in [6, 6.07) is 43.1. The highest BCUT2D eigenvalue weighted by atomic mass is 15.0. The Bertz CT molecular complexity index is 2610. The number of rotatable bonds is 4. The molecule has 2 aromatic heterocycles. The Hall–Kier alpha value is -6.10. The van der Waals surface area contributed by atoms with Gasteiger partial charge in [0.05, 0.1) is 45.3 Å². The molecule has 0 saturated carbocycles. The van der Waals surface area contributed by atoms with Crippen molar-refractivity contribution in [3.05, 3.63) is 150 Å². The van der Waals surface area contributed by atoms with Crippen LogP contribution in [0, 0.1) is 22.7 Å². The second kappa shape index (κ2) is 11.3. The Labute approximate surface area is 279 Å². The lowest BCUT2D eigenvalue weighted by atomic mass is 9.85. The highest BCUT2D eigenvalue weighted by molar-refractivity contribution is 6.12. The predicted molar refractivity (Wildman–Crippen MR) is 197 cm³/mol. The van der Waals surface area contributed by atoms with Gasteiger partial charge in [-0.25, -0.2) is 0 Å². The van der Waals surface area contributed by atoms with Crippen LogP contribution in [-0.4, -0.2) is 9.13 Å². The Morgan fingerprint density at radius 3 is 2.00 bits per heavy atom. The fourth-order valence-corrected chi connectivity index (χ4v) is 8.06. The third-order valence-electron chi connectivity index (χ3n) is 10.3. The Kier molecular flexibility index (Phi) is 6.63. The van der Waals surface area contributed by atoms with Crippen LogP contribution in [-0.2, 0) is 0 Å². The number of aromatic nitrogens is 2. The second-order valence-electron chi connectivity index (χ2n) is 13.0. The normalized spacial score (nSPS) is 16.5. The van der Waals surface area contributed by atoms with Gasteiger partial charge < -0.3 is 9.13 Å². The van der Waals surface area contributed by atoms with Gasteiger partial charge in [-0.15, -0.1) is 0 Å². The first-order valence-corrected chi connectivity index (χ1v) is 16.8. The van der Waals surface area contributed by atoms with Gasteiger partial charge in [-0.05, 0) is 115 Å². The van der Waals surface area contributed by atoms with Crippen LogP contribution in [0.25, 0.3) is 60.6 Å². The van der Waals surface area contributed by atoms with Gasteiger partial charge in [0.1, 0.15) is 0 Å². The maximum atomic E-state index is 9.59. The summed E-state index contributed by atoms with van der Waals surface area (Å²) >= 11 is 0. The molecule has 7 aromatic rings. The van der Waals surface area contributed by atoms with Crippen LogP contribution in [0.15, 0.2) is 127 Å².